The normalized spacial score (nSPS) is 12.5. The molecule has 2 aromatic heterocycles. The van der Waals surface area contributed by atoms with Crippen LogP contribution in [-0.2, 0) is 11.3 Å². The predicted octanol–water partition coefficient (Wildman–Crippen LogP) is 5.00. The van der Waals surface area contributed by atoms with Gasteiger partial charge in [0.1, 0.15) is 0 Å². The van der Waals surface area contributed by atoms with E-state index in [-0.39, 0.29) is 5.56 Å². The molecule has 4 rings (SSSR count). The van der Waals surface area contributed by atoms with Gasteiger partial charge in [-0.15, -0.1) is 0 Å². The van der Waals surface area contributed by atoms with Crippen LogP contribution < -0.4 is 5.56 Å². The zero-order valence-electron chi connectivity index (χ0n) is 18.1. The van der Waals surface area contributed by atoms with Crippen LogP contribution in [0.3, 0.4) is 0 Å². The molecule has 1 atom stereocenters. The van der Waals surface area contributed by atoms with Crippen molar-refractivity contribution in [3.63, 3.8) is 0 Å². The highest BCUT2D eigenvalue weighted by atomic mass is 16.4. The second kappa shape index (κ2) is 8.38. The van der Waals surface area contributed by atoms with Gasteiger partial charge in [-0.25, -0.2) is 4.98 Å². The van der Waals surface area contributed by atoms with E-state index in [0.29, 0.717) is 36.4 Å². The van der Waals surface area contributed by atoms with Gasteiger partial charge in [0.2, 0.25) is 5.78 Å². The summed E-state index contributed by atoms with van der Waals surface area (Å²) < 4.78 is 3.61. The highest BCUT2D eigenvalue weighted by Crippen LogP contribution is 2.33. The van der Waals surface area contributed by atoms with Crippen molar-refractivity contribution in [2.75, 3.05) is 0 Å². The molecule has 1 N–H and O–H groups in total. The number of aliphatic carboxylic acids is 1. The Morgan fingerprint density at radius 1 is 1.06 bits per heavy atom. The van der Waals surface area contributed by atoms with Gasteiger partial charge in [-0.2, -0.15) is 0 Å². The van der Waals surface area contributed by atoms with E-state index in [1.165, 1.54) is 0 Å². The van der Waals surface area contributed by atoms with Crippen LogP contribution in [0.2, 0.25) is 0 Å². The number of aryl methyl sites for hydroxylation is 2. The molecule has 0 saturated carbocycles. The summed E-state index contributed by atoms with van der Waals surface area (Å²) in [5.74, 6) is -1.31. The molecule has 0 aliphatic rings. The number of benzene rings is 2. The van der Waals surface area contributed by atoms with Crippen molar-refractivity contribution in [2.24, 2.45) is 0 Å². The first kappa shape index (κ1) is 20.8. The molecule has 0 fully saturated rings. The van der Waals surface area contributed by atoms with Crippen molar-refractivity contribution < 1.29 is 9.90 Å². The topological polar surface area (TPSA) is 76.6 Å². The van der Waals surface area contributed by atoms with Crippen molar-refractivity contribution in [2.45, 2.75) is 52.5 Å². The van der Waals surface area contributed by atoms with Crippen LogP contribution in [0.5, 0.6) is 0 Å². The minimum absolute atomic E-state index is 0.263. The lowest BCUT2D eigenvalue weighted by molar-refractivity contribution is -0.139. The summed E-state index contributed by atoms with van der Waals surface area (Å²) in [5.41, 5.74) is 4.25. The van der Waals surface area contributed by atoms with E-state index < -0.39 is 11.9 Å². The van der Waals surface area contributed by atoms with Crippen molar-refractivity contribution in [1.29, 1.82) is 0 Å². The lowest BCUT2D eigenvalue weighted by Gasteiger charge is -2.21. The van der Waals surface area contributed by atoms with Gasteiger partial charge in [0.25, 0.3) is 5.56 Å². The Hall–Kier alpha value is -3.41. The van der Waals surface area contributed by atoms with Crippen LogP contribution >= 0.6 is 0 Å². The highest BCUT2D eigenvalue weighted by molar-refractivity contribution is 5.86. The zero-order chi connectivity index (χ0) is 22.1. The van der Waals surface area contributed by atoms with Crippen LogP contribution in [-0.4, -0.2) is 25.0 Å². The van der Waals surface area contributed by atoms with E-state index in [0.717, 1.165) is 28.6 Å². The summed E-state index contributed by atoms with van der Waals surface area (Å²) in [6.45, 7) is 6.42. The van der Waals surface area contributed by atoms with Gasteiger partial charge in [0, 0.05) is 6.54 Å². The number of aromatic nitrogens is 3. The molecule has 0 amide bonds. The molecule has 2 heterocycles. The first-order valence-electron chi connectivity index (χ1n) is 10.8. The quantitative estimate of drug-likeness (QED) is 0.459. The predicted molar refractivity (Wildman–Crippen MR) is 123 cm³/mol. The van der Waals surface area contributed by atoms with Gasteiger partial charge >= 0.3 is 5.97 Å². The zero-order valence-corrected chi connectivity index (χ0v) is 18.1. The number of para-hydroxylation sites is 2. The third-order valence-electron chi connectivity index (χ3n) is 5.73. The lowest BCUT2D eigenvalue weighted by Crippen LogP contribution is -2.31. The number of imidazole rings is 1. The van der Waals surface area contributed by atoms with E-state index >= 15 is 0 Å². The number of nitrogens with zero attached hydrogens (tertiary/aromatic N) is 3. The summed E-state index contributed by atoms with van der Waals surface area (Å²) in [4.78, 5) is 30.9. The Kier molecular flexibility index (Phi) is 5.63. The molecule has 0 radical (unpaired) electrons. The van der Waals surface area contributed by atoms with E-state index in [4.69, 9.17) is 4.98 Å². The summed E-state index contributed by atoms with van der Waals surface area (Å²) >= 11 is 0. The van der Waals surface area contributed by atoms with Gasteiger partial charge in [-0.3, -0.25) is 18.6 Å². The highest BCUT2D eigenvalue weighted by Gasteiger charge is 2.30. The summed E-state index contributed by atoms with van der Waals surface area (Å²) in [5, 5.41) is 10.1. The molecule has 0 aliphatic heterocycles. The minimum Gasteiger partial charge on any atom is -0.481 e. The van der Waals surface area contributed by atoms with Gasteiger partial charge in [0.05, 0.1) is 28.2 Å². The average Bonchev–Trinajstić information content (AvgIpc) is 3.14. The van der Waals surface area contributed by atoms with Crippen LogP contribution in [0.15, 0.2) is 53.3 Å². The van der Waals surface area contributed by atoms with Crippen molar-refractivity contribution >= 4 is 22.8 Å². The fourth-order valence-corrected chi connectivity index (χ4v) is 4.29. The largest absolute Gasteiger partial charge is 0.481 e. The standard InChI is InChI=1S/C25H27N3O3/c1-4-8-18(24(30)31)21-22(17-13-11-16(3)12-14-17)28-20-10-7-6-9-19(20)26-25(28)27(15-5-2)23(21)29/h6-7,9-14,18H,4-5,8,15H2,1-3H3,(H,30,31). The molecular formula is C25H27N3O3. The van der Waals surface area contributed by atoms with Crippen molar-refractivity contribution in [1.82, 2.24) is 14.0 Å². The molecule has 0 spiro atoms. The van der Waals surface area contributed by atoms with Gasteiger partial charge in [0.15, 0.2) is 0 Å². The first-order chi connectivity index (χ1) is 15.0. The third kappa shape index (κ3) is 3.52. The third-order valence-corrected chi connectivity index (χ3v) is 5.73. The maximum atomic E-state index is 13.8. The first-order valence-corrected chi connectivity index (χ1v) is 10.8. The second-order valence-corrected chi connectivity index (χ2v) is 8.00. The average molecular weight is 418 g/mol. The molecule has 31 heavy (non-hydrogen) atoms. The van der Waals surface area contributed by atoms with Gasteiger partial charge in [-0.1, -0.05) is 62.2 Å². The van der Waals surface area contributed by atoms with Crippen LogP contribution in [0.25, 0.3) is 28.1 Å². The fourth-order valence-electron chi connectivity index (χ4n) is 4.29. The smallest absolute Gasteiger partial charge is 0.311 e. The molecule has 0 saturated heterocycles. The Bertz CT molecular complexity index is 1320. The van der Waals surface area contributed by atoms with Crippen LogP contribution in [0.1, 0.15) is 50.2 Å². The van der Waals surface area contributed by atoms with E-state index in [1.807, 2.05) is 73.7 Å². The summed E-state index contributed by atoms with van der Waals surface area (Å²) in [6, 6.07) is 15.6. The minimum atomic E-state index is -0.973. The van der Waals surface area contributed by atoms with Crippen molar-refractivity contribution in [3.8, 4) is 11.3 Å². The van der Waals surface area contributed by atoms with Crippen LogP contribution in [0, 0.1) is 6.92 Å². The van der Waals surface area contributed by atoms with E-state index in [2.05, 4.69) is 0 Å². The van der Waals surface area contributed by atoms with Gasteiger partial charge in [-0.05, 0) is 37.5 Å². The summed E-state index contributed by atoms with van der Waals surface area (Å²) in [7, 11) is 0. The number of carboxylic acid groups (broad SMARTS) is 1. The Labute approximate surface area is 180 Å². The maximum absolute atomic E-state index is 13.8. The van der Waals surface area contributed by atoms with Gasteiger partial charge < -0.3 is 5.11 Å². The molecule has 1 unspecified atom stereocenters. The molecule has 6 heteroatoms. The monoisotopic (exact) mass is 417 g/mol. The Balaban J connectivity index is 2.25. The molecule has 2 aromatic carbocycles. The second-order valence-electron chi connectivity index (χ2n) is 8.00. The summed E-state index contributed by atoms with van der Waals surface area (Å²) in [6.07, 6.45) is 1.81. The molecule has 4 aromatic rings. The maximum Gasteiger partial charge on any atom is 0.311 e. The number of hydrogen-bond acceptors (Lipinski definition) is 3. The van der Waals surface area contributed by atoms with Crippen LogP contribution in [0.4, 0.5) is 0 Å². The van der Waals surface area contributed by atoms with E-state index in [9.17, 15) is 14.7 Å². The SMILES string of the molecule is CCCC(C(=O)O)c1c(-c2ccc(C)cc2)n2c3ccccc3nc2n(CCC)c1=O. The van der Waals surface area contributed by atoms with Crippen molar-refractivity contribution in [3.05, 3.63) is 70.0 Å². The lowest BCUT2D eigenvalue weighted by atomic mass is 9.91. The molecular weight excluding hydrogens is 390 g/mol. The molecule has 0 aliphatic carbocycles. The fraction of sp³-hybridized carbons (Fsp3) is 0.320. The number of carboxylic acids is 1. The number of rotatable bonds is 7. The Morgan fingerprint density at radius 2 is 1.77 bits per heavy atom. The number of fused-ring (bicyclic) bond motifs is 3. The molecule has 160 valence electrons. The Morgan fingerprint density at radius 3 is 2.42 bits per heavy atom. The molecule has 0 bridgehead atoms. The molecule has 6 nitrogen and oxygen atoms in total. The number of hydrogen-bond donors (Lipinski definition) is 1. The number of carbonyl (C=O) groups is 1. The van der Waals surface area contributed by atoms with E-state index in [1.54, 1.807) is 4.57 Å².